The molecule has 72 valence electrons. The van der Waals surface area contributed by atoms with Crippen LogP contribution < -0.4 is 5.73 Å². The molecule has 0 radical (unpaired) electrons. The van der Waals surface area contributed by atoms with Crippen LogP contribution in [-0.2, 0) is 6.42 Å². The molecule has 0 fully saturated rings. The number of alkyl halides is 1. The van der Waals surface area contributed by atoms with Gasteiger partial charge in [-0.25, -0.2) is 4.39 Å². The van der Waals surface area contributed by atoms with Crippen LogP contribution in [0.1, 0.15) is 12.0 Å². The minimum atomic E-state index is -0.893. The highest BCUT2D eigenvalue weighted by Gasteiger charge is 2.03. The summed E-state index contributed by atoms with van der Waals surface area (Å²) >= 11 is 5.71. The van der Waals surface area contributed by atoms with Crippen molar-refractivity contribution in [1.29, 1.82) is 0 Å². The van der Waals surface area contributed by atoms with E-state index in [1.807, 2.05) is 24.3 Å². The largest absolute Gasteiger partial charge is 0.328 e. The van der Waals surface area contributed by atoms with E-state index in [9.17, 15) is 4.39 Å². The van der Waals surface area contributed by atoms with Gasteiger partial charge in [0, 0.05) is 11.6 Å². The van der Waals surface area contributed by atoms with Gasteiger partial charge < -0.3 is 5.73 Å². The number of hydrogen-bond donors (Lipinski definition) is 1. The zero-order valence-corrected chi connectivity index (χ0v) is 8.10. The number of benzene rings is 1. The fourth-order valence-corrected chi connectivity index (χ4v) is 1.22. The summed E-state index contributed by atoms with van der Waals surface area (Å²) in [5.41, 5.74) is 6.26. The molecule has 1 aromatic rings. The maximum Gasteiger partial charge on any atom is 0.113 e. The summed E-state index contributed by atoms with van der Waals surface area (Å²) in [5, 5.41) is 0.708. The van der Waals surface area contributed by atoms with Crippen LogP contribution >= 0.6 is 11.6 Å². The van der Waals surface area contributed by atoms with Gasteiger partial charge in [-0.3, -0.25) is 0 Å². The molecular weight excluding hydrogens is 189 g/mol. The van der Waals surface area contributed by atoms with Crippen LogP contribution in [0.2, 0.25) is 5.02 Å². The van der Waals surface area contributed by atoms with E-state index in [2.05, 4.69) is 0 Å². The van der Waals surface area contributed by atoms with Gasteiger partial charge in [-0.1, -0.05) is 23.7 Å². The van der Waals surface area contributed by atoms with Crippen molar-refractivity contribution in [2.24, 2.45) is 5.73 Å². The molecule has 0 aliphatic heterocycles. The van der Waals surface area contributed by atoms with Crippen molar-refractivity contribution in [3.63, 3.8) is 0 Å². The molecule has 0 heterocycles. The molecule has 1 nitrogen and oxygen atoms in total. The van der Waals surface area contributed by atoms with Gasteiger partial charge in [-0.05, 0) is 30.5 Å². The average Bonchev–Trinajstić information content (AvgIpc) is 2.16. The molecule has 0 bridgehead atoms. The van der Waals surface area contributed by atoms with Gasteiger partial charge in [-0.2, -0.15) is 0 Å². The van der Waals surface area contributed by atoms with Gasteiger partial charge >= 0.3 is 0 Å². The lowest BCUT2D eigenvalue weighted by atomic mass is 10.1. The molecule has 0 aromatic heterocycles. The molecule has 13 heavy (non-hydrogen) atoms. The summed E-state index contributed by atoms with van der Waals surface area (Å²) in [6, 6.07) is 7.44. The molecule has 0 aliphatic carbocycles. The van der Waals surface area contributed by atoms with Crippen LogP contribution in [0.25, 0.3) is 0 Å². The first-order chi connectivity index (χ1) is 6.22. The van der Waals surface area contributed by atoms with Crippen LogP contribution in [-0.4, -0.2) is 12.7 Å². The molecule has 3 heteroatoms. The highest BCUT2D eigenvalue weighted by Crippen LogP contribution is 2.12. The van der Waals surface area contributed by atoms with Gasteiger partial charge in [0.25, 0.3) is 0 Å². The Balaban J connectivity index is 2.41. The molecule has 0 saturated heterocycles. The SMILES string of the molecule is NCC(F)CCc1ccc(Cl)cc1. The first-order valence-corrected chi connectivity index (χ1v) is 4.68. The fraction of sp³-hybridized carbons (Fsp3) is 0.400. The van der Waals surface area contributed by atoms with E-state index in [0.717, 1.165) is 12.0 Å². The van der Waals surface area contributed by atoms with Crippen molar-refractivity contribution in [2.75, 3.05) is 6.54 Å². The van der Waals surface area contributed by atoms with E-state index in [1.54, 1.807) is 0 Å². The Morgan fingerprint density at radius 2 is 1.92 bits per heavy atom. The highest BCUT2D eigenvalue weighted by molar-refractivity contribution is 6.30. The highest BCUT2D eigenvalue weighted by atomic mass is 35.5. The first-order valence-electron chi connectivity index (χ1n) is 4.31. The standard InChI is InChI=1S/C10H13ClFN/c11-9-4-1-8(2-5-9)3-6-10(12)7-13/h1-2,4-5,10H,3,6-7,13H2. The Bertz CT molecular complexity index is 248. The Morgan fingerprint density at radius 1 is 1.31 bits per heavy atom. The topological polar surface area (TPSA) is 26.0 Å². The average molecular weight is 202 g/mol. The van der Waals surface area contributed by atoms with Crippen LogP contribution in [0.3, 0.4) is 0 Å². The van der Waals surface area contributed by atoms with Crippen LogP contribution in [0.5, 0.6) is 0 Å². The van der Waals surface area contributed by atoms with Crippen molar-refractivity contribution in [2.45, 2.75) is 19.0 Å². The fourth-order valence-electron chi connectivity index (χ4n) is 1.09. The second-order valence-corrected chi connectivity index (χ2v) is 3.43. The molecule has 2 N–H and O–H groups in total. The molecule has 0 aliphatic rings. The second kappa shape index (κ2) is 5.20. The van der Waals surface area contributed by atoms with Gasteiger partial charge in [0.1, 0.15) is 6.17 Å². The van der Waals surface area contributed by atoms with Gasteiger partial charge in [0.2, 0.25) is 0 Å². The van der Waals surface area contributed by atoms with Crippen molar-refractivity contribution in [1.82, 2.24) is 0 Å². The van der Waals surface area contributed by atoms with Gasteiger partial charge in [0.05, 0.1) is 0 Å². The van der Waals surface area contributed by atoms with Gasteiger partial charge in [0.15, 0.2) is 0 Å². The minimum Gasteiger partial charge on any atom is -0.328 e. The number of rotatable bonds is 4. The predicted octanol–water partition coefficient (Wildman–Crippen LogP) is 2.57. The van der Waals surface area contributed by atoms with Crippen molar-refractivity contribution < 1.29 is 4.39 Å². The summed E-state index contributed by atoms with van der Waals surface area (Å²) in [7, 11) is 0. The van der Waals surface area contributed by atoms with Gasteiger partial charge in [-0.15, -0.1) is 0 Å². The van der Waals surface area contributed by atoms with Crippen molar-refractivity contribution >= 4 is 11.6 Å². The Hall–Kier alpha value is -0.600. The van der Waals surface area contributed by atoms with E-state index in [0.29, 0.717) is 11.4 Å². The van der Waals surface area contributed by atoms with E-state index in [1.165, 1.54) is 0 Å². The summed E-state index contributed by atoms with van der Waals surface area (Å²) in [6.07, 6.45) is 0.309. The Morgan fingerprint density at radius 3 is 2.46 bits per heavy atom. The van der Waals surface area contributed by atoms with Crippen LogP contribution in [0.4, 0.5) is 4.39 Å². The molecule has 1 aromatic carbocycles. The summed E-state index contributed by atoms with van der Waals surface area (Å²) < 4.78 is 12.7. The predicted molar refractivity (Wildman–Crippen MR) is 53.7 cm³/mol. The molecule has 1 atom stereocenters. The van der Waals surface area contributed by atoms with Crippen LogP contribution in [0.15, 0.2) is 24.3 Å². The second-order valence-electron chi connectivity index (χ2n) is 3.00. The normalized spacial score (nSPS) is 12.8. The maximum absolute atomic E-state index is 12.7. The van der Waals surface area contributed by atoms with Crippen molar-refractivity contribution in [3.8, 4) is 0 Å². The lowest BCUT2D eigenvalue weighted by molar-refractivity contribution is 0.323. The van der Waals surface area contributed by atoms with E-state index in [4.69, 9.17) is 17.3 Å². The summed E-state index contributed by atoms with van der Waals surface area (Å²) in [5.74, 6) is 0. The Labute approximate surface area is 82.7 Å². The summed E-state index contributed by atoms with van der Waals surface area (Å²) in [6.45, 7) is 0.105. The quantitative estimate of drug-likeness (QED) is 0.796. The summed E-state index contributed by atoms with van der Waals surface area (Å²) in [4.78, 5) is 0. The zero-order valence-electron chi connectivity index (χ0n) is 7.34. The van der Waals surface area contributed by atoms with E-state index < -0.39 is 6.17 Å². The zero-order chi connectivity index (χ0) is 9.68. The number of aryl methyl sites for hydroxylation is 1. The number of halogens is 2. The lowest BCUT2D eigenvalue weighted by Gasteiger charge is -2.04. The molecule has 0 spiro atoms. The van der Waals surface area contributed by atoms with Crippen molar-refractivity contribution in [3.05, 3.63) is 34.9 Å². The van der Waals surface area contributed by atoms with E-state index >= 15 is 0 Å². The Kier molecular flexibility index (Phi) is 4.19. The maximum atomic E-state index is 12.7. The molecule has 1 unspecified atom stereocenters. The molecular formula is C10H13ClFN. The molecule has 0 amide bonds. The van der Waals surface area contributed by atoms with Crippen LogP contribution in [0, 0.1) is 0 Å². The van der Waals surface area contributed by atoms with E-state index in [-0.39, 0.29) is 6.54 Å². The number of nitrogens with two attached hydrogens (primary N) is 1. The number of hydrogen-bond acceptors (Lipinski definition) is 1. The minimum absolute atomic E-state index is 0.105. The lowest BCUT2D eigenvalue weighted by Crippen LogP contribution is -2.15. The smallest absolute Gasteiger partial charge is 0.113 e. The third-order valence-electron chi connectivity index (χ3n) is 1.92. The molecule has 1 rings (SSSR count). The third-order valence-corrected chi connectivity index (χ3v) is 2.17. The monoisotopic (exact) mass is 201 g/mol. The first kappa shape index (κ1) is 10.5. The third kappa shape index (κ3) is 3.75. The molecule has 0 saturated carbocycles.